The van der Waals surface area contributed by atoms with E-state index in [0.29, 0.717) is 22.9 Å². The molecule has 0 fully saturated rings. The Labute approximate surface area is 115 Å². The molecule has 1 N–H and O–H groups in total. The van der Waals surface area contributed by atoms with E-state index >= 15 is 0 Å². The third-order valence-corrected chi connectivity index (χ3v) is 3.21. The predicted octanol–water partition coefficient (Wildman–Crippen LogP) is 3.82. The van der Waals surface area contributed by atoms with Crippen LogP contribution in [0.2, 0.25) is 0 Å². The smallest absolute Gasteiger partial charge is 0.287 e. The number of alkyl halides is 1. The van der Waals surface area contributed by atoms with Crippen LogP contribution in [-0.2, 0) is 0 Å². The third kappa shape index (κ3) is 5.13. The summed E-state index contributed by atoms with van der Waals surface area (Å²) in [5.74, 6) is 0.794. The van der Waals surface area contributed by atoms with E-state index in [1.54, 1.807) is 12.1 Å². The summed E-state index contributed by atoms with van der Waals surface area (Å²) in [5.41, 5.74) is 0.0500. The summed E-state index contributed by atoms with van der Waals surface area (Å²) in [6, 6.07) is 3.35. The minimum Gasteiger partial charge on any atom is -0.444 e. The lowest BCUT2D eigenvalue weighted by Gasteiger charge is -2.24. The van der Waals surface area contributed by atoms with Crippen LogP contribution in [-0.4, -0.2) is 18.3 Å². The standard InChI is InChI=1S/C12H17BrClNO2/c1-12(2,6-3-7-14)8-15-11(16)9-4-5-10(13)17-9/h4-5H,3,6-8H2,1-2H3,(H,15,16). The molecule has 0 aromatic carbocycles. The van der Waals surface area contributed by atoms with E-state index in [9.17, 15) is 4.79 Å². The Balaban J connectivity index is 2.42. The lowest BCUT2D eigenvalue weighted by molar-refractivity contribution is 0.0905. The van der Waals surface area contributed by atoms with Crippen LogP contribution in [0.25, 0.3) is 0 Å². The van der Waals surface area contributed by atoms with E-state index in [0.717, 1.165) is 12.8 Å². The molecule has 3 nitrogen and oxygen atoms in total. The topological polar surface area (TPSA) is 42.2 Å². The first kappa shape index (κ1) is 14.6. The fraction of sp³-hybridized carbons (Fsp3) is 0.583. The van der Waals surface area contributed by atoms with Gasteiger partial charge in [0.1, 0.15) is 0 Å². The van der Waals surface area contributed by atoms with Gasteiger partial charge in [0.25, 0.3) is 5.91 Å². The van der Waals surface area contributed by atoms with Crippen LogP contribution in [0.15, 0.2) is 21.2 Å². The molecule has 1 rings (SSSR count). The minimum atomic E-state index is -0.186. The second-order valence-electron chi connectivity index (χ2n) is 4.74. The van der Waals surface area contributed by atoms with Gasteiger partial charge in [0.2, 0.25) is 0 Å². The molecule has 1 amide bonds. The molecular weight excluding hydrogens is 305 g/mol. The number of hydrogen-bond acceptors (Lipinski definition) is 2. The van der Waals surface area contributed by atoms with Gasteiger partial charge in [-0.25, -0.2) is 0 Å². The molecule has 0 unspecified atom stereocenters. The Morgan fingerprint density at radius 2 is 2.24 bits per heavy atom. The number of halogens is 2. The summed E-state index contributed by atoms with van der Waals surface area (Å²) >= 11 is 8.83. The summed E-state index contributed by atoms with van der Waals surface area (Å²) in [6.45, 7) is 4.83. The Hall–Kier alpha value is -0.480. The highest BCUT2D eigenvalue weighted by Gasteiger charge is 2.19. The molecule has 0 aliphatic rings. The first-order valence-electron chi connectivity index (χ1n) is 5.54. The molecule has 1 heterocycles. The van der Waals surface area contributed by atoms with E-state index in [-0.39, 0.29) is 11.3 Å². The summed E-state index contributed by atoms with van der Waals surface area (Å²) in [6.07, 6.45) is 1.94. The lowest BCUT2D eigenvalue weighted by atomic mass is 9.88. The van der Waals surface area contributed by atoms with Crippen molar-refractivity contribution in [3.8, 4) is 0 Å². The Bertz CT molecular complexity index is 376. The number of carbonyl (C=O) groups excluding carboxylic acids is 1. The van der Waals surface area contributed by atoms with E-state index in [2.05, 4.69) is 35.1 Å². The van der Waals surface area contributed by atoms with E-state index < -0.39 is 0 Å². The largest absolute Gasteiger partial charge is 0.444 e. The van der Waals surface area contributed by atoms with E-state index in [4.69, 9.17) is 16.0 Å². The maximum absolute atomic E-state index is 11.7. The molecule has 0 bridgehead atoms. The number of nitrogens with one attached hydrogen (secondary N) is 1. The van der Waals surface area contributed by atoms with Crippen molar-refractivity contribution in [1.82, 2.24) is 5.32 Å². The molecule has 96 valence electrons. The predicted molar refractivity (Wildman–Crippen MR) is 72.5 cm³/mol. The van der Waals surface area contributed by atoms with Gasteiger partial charge in [-0.2, -0.15) is 0 Å². The zero-order chi connectivity index (χ0) is 12.9. The summed E-state index contributed by atoms with van der Waals surface area (Å²) in [7, 11) is 0. The maximum Gasteiger partial charge on any atom is 0.287 e. The molecule has 0 aliphatic heterocycles. The summed E-state index contributed by atoms with van der Waals surface area (Å²) in [4.78, 5) is 11.7. The molecule has 0 radical (unpaired) electrons. The molecule has 0 spiro atoms. The number of rotatable bonds is 6. The van der Waals surface area contributed by atoms with Crippen LogP contribution in [0.1, 0.15) is 37.2 Å². The highest BCUT2D eigenvalue weighted by atomic mass is 79.9. The number of carbonyl (C=O) groups is 1. The van der Waals surface area contributed by atoms with Crippen LogP contribution in [0, 0.1) is 5.41 Å². The van der Waals surface area contributed by atoms with E-state index in [1.165, 1.54) is 0 Å². The summed E-state index contributed by atoms with van der Waals surface area (Å²) < 4.78 is 5.73. The van der Waals surface area contributed by atoms with Gasteiger partial charge in [-0.05, 0) is 46.3 Å². The number of hydrogen-bond donors (Lipinski definition) is 1. The van der Waals surface area contributed by atoms with Crippen LogP contribution >= 0.6 is 27.5 Å². The van der Waals surface area contributed by atoms with Crippen LogP contribution in [0.4, 0.5) is 0 Å². The van der Waals surface area contributed by atoms with Gasteiger partial charge in [0, 0.05) is 12.4 Å². The van der Waals surface area contributed by atoms with Gasteiger partial charge >= 0.3 is 0 Å². The second-order valence-corrected chi connectivity index (χ2v) is 5.90. The molecule has 5 heteroatoms. The normalized spacial score (nSPS) is 11.5. The second kappa shape index (κ2) is 6.45. The summed E-state index contributed by atoms with van der Waals surface area (Å²) in [5, 5.41) is 2.86. The molecule has 17 heavy (non-hydrogen) atoms. The Morgan fingerprint density at radius 1 is 1.53 bits per heavy atom. The van der Waals surface area contributed by atoms with Crippen LogP contribution in [0.5, 0.6) is 0 Å². The fourth-order valence-corrected chi connectivity index (χ4v) is 1.92. The van der Waals surface area contributed by atoms with Gasteiger partial charge in [-0.3, -0.25) is 4.79 Å². The van der Waals surface area contributed by atoms with Crippen molar-refractivity contribution in [1.29, 1.82) is 0 Å². The van der Waals surface area contributed by atoms with Crippen LogP contribution < -0.4 is 5.32 Å². The quantitative estimate of drug-likeness (QED) is 0.809. The van der Waals surface area contributed by atoms with Gasteiger partial charge in [0.05, 0.1) is 0 Å². The van der Waals surface area contributed by atoms with Crippen LogP contribution in [0.3, 0.4) is 0 Å². The van der Waals surface area contributed by atoms with Gasteiger partial charge in [-0.15, -0.1) is 11.6 Å². The monoisotopic (exact) mass is 321 g/mol. The number of amides is 1. The average molecular weight is 323 g/mol. The SMILES string of the molecule is CC(C)(CCCCl)CNC(=O)c1ccc(Br)o1. The molecule has 0 atom stereocenters. The first-order chi connectivity index (χ1) is 7.94. The van der Waals surface area contributed by atoms with Crippen molar-refractivity contribution in [2.24, 2.45) is 5.41 Å². The first-order valence-corrected chi connectivity index (χ1v) is 6.87. The van der Waals surface area contributed by atoms with Crippen molar-refractivity contribution < 1.29 is 9.21 Å². The third-order valence-electron chi connectivity index (χ3n) is 2.51. The maximum atomic E-state index is 11.7. The van der Waals surface area contributed by atoms with Gasteiger partial charge in [-0.1, -0.05) is 13.8 Å². The Kier molecular flexibility index (Phi) is 5.53. The van der Waals surface area contributed by atoms with Crippen molar-refractivity contribution in [2.45, 2.75) is 26.7 Å². The molecule has 1 aromatic heterocycles. The number of furan rings is 1. The average Bonchev–Trinajstić information content (AvgIpc) is 2.70. The highest BCUT2D eigenvalue weighted by molar-refractivity contribution is 9.10. The minimum absolute atomic E-state index is 0.0500. The van der Waals surface area contributed by atoms with Gasteiger partial charge < -0.3 is 9.73 Å². The van der Waals surface area contributed by atoms with Gasteiger partial charge in [0.15, 0.2) is 10.4 Å². The fourth-order valence-electron chi connectivity index (χ4n) is 1.48. The molecule has 1 aromatic rings. The molecule has 0 aliphatic carbocycles. The van der Waals surface area contributed by atoms with Crippen molar-refractivity contribution in [2.75, 3.05) is 12.4 Å². The van der Waals surface area contributed by atoms with E-state index in [1.807, 2.05) is 0 Å². The molecular formula is C12H17BrClNO2. The molecule has 0 saturated carbocycles. The van der Waals surface area contributed by atoms with Crippen molar-refractivity contribution in [3.63, 3.8) is 0 Å². The zero-order valence-corrected chi connectivity index (χ0v) is 12.4. The zero-order valence-electron chi connectivity index (χ0n) is 10.1. The highest BCUT2D eigenvalue weighted by Crippen LogP contribution is 2.21. The lowest BCUT2D eigenvalue weighted by Crippen LogP contribution is -2.33. The molecule has 0 saturated heterocycles. The van der Waals surface area contributed by atoms with Crippen molar-refractivity contribution in [3.05, 3.63) is 22.6 Å². The Morgan fingerprint density at radius 3 is 2.76 bits per heavy atom. The van der Waals surface area contributed by atoms with Crippen molar-refractivity contribution >= 4 is 33.4 Å².